The predicted molar refractivity (Wildman–Crippen MR) is 83.7 cm³/mol. The van der Waals surface area contributed by atoms with Crippen LogP contribution in [0.15, 0.2) is 12.1 Å². The first-order valence-electron chi connectivity index (χ1n) is 8.05. The fraction of sp³-hybridized carbons (Fsp3) is 0.500. The highest BCUT2D eigenvalue weighted by Crippen LogP contribution is 2.19. The van der Waals surface area contributed by atoms with Crippen molar-refractivity contribution in [3.05, 3.63) is 29.6 Å². The van der Waals surface area contributed by atoms with Crippen molar-refractivity contribution < 1.29 is 32.4 Å². The quantitative estimate of drug-likeness (QED) is 0.781. The van der Waals surface area contributed by atoms with Crippen LogP contribution >= 0.6 is 0 Å². The van der Waals surface area contributed by atoms with E-state index in [2.05, 4.69) is 5.32 Å². The fourth-order valence-corrected chi connectivity index (χ4v) is 2.67. The lowest BCUT2D eigenvalue weighted by Gasteiger charge is -2.34. The molecule has 2 rings (SSSR count). The zero-order chi connectivity index (χ0) is 18.6. The van der Waals surface area contributed by atoms with E-state index in [0.29, 0.717) is 32.8 Å². The Bertz CT molecular complexity index is 649. The number of carbonyl (C=O) groups excluding carboxylic acids is 2. The molecule has 0 spiro atoms. The maximum Gasteiger partial charge on any atom is 0.410 e. The number of nitrogens with one attached hydrogen (secondary N) is 2. The first-order chi connectivity index (χ1) is 11.8. The van der Waals surface area contributed by atoms with Crippen LogP contribution in [0.25, 0.3) is 0 Å². The third kappa shape index (κ3) is 4.41. The lowest BCUT2D eigenvalue weighted by Crippen LogP contribution is -3.19. The normalized spacial score (nSPS) is 16.4. The number of carbonyl (C=O) groups is 2. The molecule has 6 nitrogen and oxygen atoms in total. The lowest BCUT2D eigenvalue weighted by atomic mass is 10.2. The van der Waals surface area contributed by atoms with E-state index in [1.165, 1.54) is 0 Å². The van der Waals surface area contributed by atoms with Gasteiger partial charge in [-0.15, -0.1) is 0 Å². The number of ether oxygens (including phenoxy) is 1. The Kier molecular flexibility index (Phi) is 6.24. The van der Waals surface area contributed by atoms with Gasteiger partial charge in [-0.25, -0.2) is 18.0 Å². The molecule has 0 aromatic heterocycles. The molecule has 25 heavy (non-hydrogen) atoms. The summed E-state index contributed by atoms with van der Waals surface area (Å²) in [6.07, 6.45) is -0.387. The van der Waals surface area contributed by atoms with E-state index < -0.39 is 35.1 Å². The van der Waals surface area contributed by atoms with Gasteiger partial charge in [-0.2, -0.15) is 0 Å². The predicted octanol–water partition coefficient (Wildman–Crippen LogP) is 0.788. The molecule has 2 amide bonds. The van der Waals surface area contributed by atoms with Gasteiger partial charge in [0.05, 0.1) is 38.5 Å². The summed E-state index contributed by atoms with van der Waals surface area (Å²) in [5.41, 5.74) is -0.402. The molecule has 1 fully saturated rings. The Morgan fingerprint density at radius 3 is 2.48 bits per heavy atom. The summed E-state index contributed by atoms with van der Waals surface area (Å²) >= 11 is 0. The van der Waals surface area contributed by atoms with Gasteiger partial charge in [0.1, 0.15) is 0 Å². The molecule has 0 unspecified atom stereocenters. The summed E-state index contributed by atoms with van der Waals surface area (Å²) in [6, 6.07) is 1.19. The van der Waals surface area contributed by atoms with Gasteiger partial charge < -0.3 is 15.0 Å². The van der Waals surface area contributed by atoms with Gasteiger partial charge in [0.15, 0.2) is 23.5 Å². The second kappa shape index (κ2) is 8.19. The molecule has 1 aliphatic heterocycles. The summed E-state index contributed by atoms with van der Waals surface area (Å²) in [5, 5.41) is 2.28. The van der Waals surface area contributed by atoms with Crippen LogP contribution in [0.2, 0.25) is 0 Å². The zero-order valence-electron chi connectivity index (χ0n) is 14.1. The molecule has 0 bridgehead atoms. The molecule has 1 aromatic rings. The number of rotatable bonds is 4. The van der Waals surface area contributed by atoms with Crippen molar-refractivity contribution in [1.82, 2.24) is 4.90 Å². The monoisotopic (exact) mass is 360 g/mol. The standard InChI is InChI=1S/C16H20F3N3O3/c1-3-25-16(24)22-8-6-21(7-9-22)10(2)15(23)20-12-5-4-11(17)13(18)14(12)19/h4-5,10H,3,6-9H2,1-2H3,(H,20,23)/p+1/t10-/m0/s1. The molecule has 1 saturated heterocycles. The van der Waals surface area contributed by atoms with Gasteiger partial charge in [-0.3, -0.25) is 9.69 Å². The molecule has 1 heterocycles. The minimum absolute atomic E-state index is 0.296. The largest absolute Gasteiger partial charge is 0.450 e. The second-order valence-corrected chi connectivity index (χ2v) is 5.78. The smallest absolute Gasteiger partial charge is 0.410 e. The average molecular weight is 360 g/mol. The number of piperazine rings is 1. The number of quaternary nitrogens is 1. The van der Waals surface area contributed by atoms with E-state index in [1.807, 2.05) is 0 Å². The highest BCUT2D eigenvalue weighted by Gasteiger charge is 2.31. The topological polar surface area (TPSA) is 63.1 Å². The number of nitrogens with zero attached hydrogens (tertiary/aromatic N) is 1. The zero-order valence-corrected chi connectivity index (χ0v) is 14.1. The van der Waals surface area contributed by atoms with E-state index in [-0.39, 0.29) is 6.09 Å². The minimum Gasteiger partial charge on any atom is -0.450 e. The molecule has 1 aliphatic rings. The SMILES string of the molecule is CCOC(=O)N1CC[NH+]([C@@H](C)C(=O)Nc2ccc(F)c(F)c2F)CC1. The molecular formula is C16H21F3N3O3+. The third-order valence-corrected chi connectivity index (χ3v) is 4.23. The van der Waals surface area contributed by atoms with Crippen LogP contribution in [0, 0.1) is 17.5 Å². The average Bonchev–Trinajstić information content (AvgIpc) is 2.61. The molecular weight excluding hydrogens is 339 g/mol. The summed E-state index contributed by atoms with van der Waals surface area (Å²) in [5.74, 6) is -4.88. The third-order valence-electron chi connectivity index (χ3n) is 4.23. The number of amides is 2. The molecule has 9 heteroatoms. The first-order valence-corrected chi connectivity index (χ1v) is 8.05. The highest BCUT2D eigenvalue weighted by atomic mass is 19.2. The molecule has 138 valence electrons. The van der Waals surface area contributed by atoms with Crippen molar-refractivity contribution in [3.8, 4) is 0 Å². The Hall–Kier alpha value is -2.29. The number of hydrogen-bond donors (Lipinski definition) is 2. The lowest BCUT2D eigenvalue weighted by molar-refractivity contribution is -0.917. The number of benzene rings is 1. The summed E-state index contributed by atoms with van der Waals surface area (Å²) in [7, 11) is 0. The Labute approximate surface area is 143 Å². The van der Waals surface area contributed by atoms with Crippen LogP contribution in [0.5, 0.6) is 0 Å². The number of anilines is 1. The van der Waals surface area contributed by atoms with Crippen molar-refractivity contribution in [3.63, 3.8) is 0 Å². The van der Waals surface area contributed by atoms with E-state index in [0.717, 1.165) is 17.0 Å². The van der Waals surface area contributed by atoms with Crippen molar-refractivity contribution in [2.24, 2.45) is 0 Å². The minimum atomic E-state index is -1.62. The van der Waals surface area contributed by atoms with Crippen molar-refractivity contribution in [2.45, 2.75) is 19.9 Å². The molecule has 0 saturated carbocycles. The summed E-state index contributed by atoms with van der Waals surface area (Å²) < 4.78 is 44.7. The van der Waals surface area contributed by atoms with Gasteiger partial charge in [0.25, 0.3) is 5.91 Å². The number of halogens is 3. The second-order valence-electron chi connectivity index (χ2n) is 5.78. The first kappa shape index (κ1) is 19.0. The van der Waals surface area contributed by atoms with Gasteiger partial charge in [-0.1, -0.05) is 0 Å². The van der Waals surface area contributed by atoms with Gasteiger partial charge >= 0.3 is 6.09 Å². The molecule has 2 N–H and O–H groups in total. The highest BCUT2D eigenvalue weighted by molar-refractivity contribution is 5.93. The molecule has 0 aliphatic carbocycles. The van der Waals surface area contributed by atoms with E-state index in [1.54, 1.807) is 18.7 Å². The summed E-state index contributed by atoms with van der Waals surface area (Å²) in [4.78, 5) is 26.4. The van der Waals surface area contributed by atoms with Crippen LogP contribution < -0.4 is 10.2 Å². The van der Waals surface area contributed by atoms with E-state index >= 15 is 0 Å². The Morgan fingerprint density at radius 1 is 1.24 bits per heavy atom. The van der Waals surface area contributed by atoms with Crippen LogP contribution in [0.4, 0.5) is 23.7 Å². The van der Waals surface area contributed by atoms with E-state index in [9.17, 15) is 22.8 Å². The van der Waals surface area contributed by atoms with Crippen molar-refractivity contribution in [1.29, 1.82) is 0 Å². The van der Waals surface area contributed by atoms with Crippen LogP contribution in [-0.2, 0) is 9.53 Å². The Balaban J connectivity index is 1.93. The summed E-state index contributed by atoms with van der Waals surface area (Å²) in [6.45, 7) is 5.59. The van der Waals surface area contributed by atoms with Gasteiger partial charge in [0, 0.05) is 0 Å². The molecule has 1 atom stereocenters. The van der Waals surface area contributed by atoms with Crippen LogP contribution in [-0.4, -0.2) is 55.7 Å². The molecule has 1 aromatic carbocycles. The van der Waals surface area contributed by atoms with Crippen LogP contribution in [0.1, 0.15) is 13.8 Å². The van der Waals surface area contributed by atoms with E-state index in [4.69, 9.17) is 4.74 Å². The number of hydrogen-bond acceptors (Lipinski definition) is 3. The van der Waals surface area contributed by atoms with Crippen molar-refractivity contribution >= 4 is 17.7 Å². The maximum atomic E-state index is 13.6. The van der Waals surface area contributed by atoms with Crippen LogP contribution in [0.3, 0.4) is 0 Å². The van der Waals surface area contributed by atoms with Crippen molar-refractivity contribution in [2.75, 3.05) is 38.1 Å². The molecule has 0 radical (unpaired) electrons. The van der Waals surface area contributed by atoms with Gasteiger partial charge in [-0.05, 0) is 26.0 Å². The maximum absolute atomic E-state index is 13.6. The Morgan fingerprint density at radius 2 is 1.88 bits per heavy atom. The fourth-order valence-electron chi connectivity index (χ4n) is 2.67. The van der Waals surface area contributed by atoms with Gasteiger partial charge in [0.2, 0.25) is 0 Å².